The Kier molecular flexibility index (Phi) is 3.04. The zero-order valence-electron chi connectivity index (χ0n) is 9.04. The van der Waals surface area contributed by atoms with Crippen LogP contribution in [0, 0.1) is 5.92 Å². The van der Waals surface area contributed by atoms with E-state index in [0.29, 0.717) is 19.3 Å². The summed E-state index contributed by atoms with van der Waals surface area (Å²) in [5, 5.41) is 0. The van der Waals surface area contributed by atoms with Crippen molar-refractivity contribution in [2.75, 3.05) is 5.75 Å². The molecule has 1 aliphatic heterocycles. The predicted octanol–water partition coefficient (Wildman–Crippen LogP) is 1.57. The molecule has 1 rings (SSSR count). The molecule has 3 nitrogen and oxygen atoms in total. The highest BCUT2D eigenvalue weighted by Gasteiger charge is 2.46. The minimum absolute atomic E-state index is 0.144. The first-order chi connectivity index (χ1) is 6.27. The molecule has 1 fully saturated rings. The third-order valence-corrected chi connectivity index (χ3v) is 6.07. The molecule has 82 valence electrons. The van der Waals surface area contributed by atoms with E-state index < -0.39 is 14.6 Å². The lowest BCUT2D eigenvalue weighted by molar-refractivity contribution is -0.117. The molecule has 0 aromatic rings. The Morgan fingerprint density at radius 3 is 2.36 bits per heavy atom. The van der Waals surface area contributed by atoms with Gasteiger partial charge in [-0.05, 0) is 39.5 Å². The molecule has 0 N–H and O–H groups in total. The first-order valence-corrected chi connectivity index (χ1v) is 6.64. The van der Waals surface area contributed by atoms with E-state index in [-0.39, 0.29) is 17.5 Å². The van der Waals surface area contributed by atoms with E-state index in [1.54, 1.807) is 20.8 Å². The second kappa shape index (κ2) is 3.65. The van der Waals surface area contributed by atoms with Gasteiger partial charge in [-0.3, -0.25) is 0 Å². The molecular weight excluding hydrogens is 200 g/mol. The third kappa shape index (κ3) is 2.00. The Labute approximate surface area is 85.8 Å². The first-order valence-electron chi connectivity index (χ1n) is 4.99. The van der Waals surface area contributed by atoms with E-state index in [1.807, 2.05) is 0 Å². The number of carbonyl (C=O) groups excluding carboxylic acids is 1. The molecule has 14 heavy (non-hydrogen) atoms. The highest BCUT2D eigenvalue weighted by Crippen LogP contribution is 2.39. The second-order valence-electron chi connectivity index (χ2n) is 4.65. The average molecular weight is 218 g/mol. The Morgan fingerprint density at radius 1 is 1.43 bits per heavy atom. The Hall–Kier alpha value is -0.380. The largest absolute Gasteiger partial charge is 0.300 e. The van der Waals surface area contributed by atoms with E-state index in [2.05, 4.69) is 0 Å². The van der Waals surface area contributed by atoms with Crippen molar-refractivity contribution in [2.24, 2.45) is 5.92 Å². The molecular formula is C10H18O3S. The van der Waals surface area contributed by atoms with E-state index in [1.165, 1.54) is 0 Å². The number of ketones is 1. The van der Waals surface area contributed by atoms with Gasteiger partial charge < -0.3 is 4.79 Å². The Balaban J connectivity index is 2.71. The maximum absolute atomic E-state index is 11.7. The summed E-state index contributed by atoms with van der Waals surface area (Å²) in [4.78, 5) is 10.8. The fraction of sp³-hybridized carbons (Fsp3) is 0.900. The molecule has 1 heterocycles. The number of sulfone groups is 1. The van der Waals surface area contributed by atoms with Gasteiger partial charge in [0.2, 0.25) is 0 Å². The minimum Gasteiger partial charge on any atom is -0.300 e. The van der Waals surface area contributed by atoms with Crippen LogP contribution in [0.4, 0.5) is 0 Å². The SMILES string of the molecule is CC(=O)CCC1CCS(=O)(=O)C1(C)C. The number of hydrogen-bond acceptors (Lipinski definition) is 3. The molecule has 0 aromatic carbocycles. The minimum atomic E-state index is -2.93. The fourth-order valence-electron chi connectivity index (χ4n) is 2.03. The highest BCUT2D eigenvalue weighted by molar-refractivity contribution is 7.93. The summed E-state index contributed by atoms with van der Waals surface area (Å²) in [7, 11) is -2.93. The van der Waals surface area contributed by atoms with Crippen LogP contribution in [0.1, 0.15) is 40.0 Å². The number of carbonyl (C=O) groups is 1. The zero-order chi connectivity index (χ0) is 11.0. The van der Waals surface area contributed by atoms with Crippen LogP contribution in [0.5, 0.6) is 0 Å². The molecule has 1 unspecified atom stereocenters. The lowest BCUT2D eigenvalue weighted by Crippen LogP contribution is -2.33. The van der Waals surface area contributed by atoms with Crippen molar-refractivity contribution in [1.82, 2.24) is 0 Å². The number of Topliss-reactive ketones (excluding diaryl/α,β-unsaturated/α-hetero) is 1. The van der Waals surface area contributed by atoms with Gasteiger partial charge in [0.15, 0.2) is 9.84 Å². The van der Waals surface area contributed by atoms with Gasteiger partial charge >= 0.3 is 0 Å². The molecule has 0 aromatic heterocycles. The summed E-state index contributed by atoms with van der Waals surface area (Å²) in [6, 6.07) is 0. The lowest BCUT2D eigenvalue weighted by atomic mass is 9.88. The lowest BCUT2D eigenvalue weighted by Gasteiger charge is -2.25. The molecule has 1 aliphatic rings. The topological polar surface area (TPSA) is 51.2 Å². The van der Waals surface area contributed by atoms with Crippen LogP contribution in [-0.2, 0) is 14.6 Å². The van der Waals surface area contributed by atoms with Gasteiger partial charge in [0.1, 0.15) is 5.78 Å². The smallest absolute Gasteiger partial charge is 0.155 e. The molecule has 1 atom stereocenters. The molecule has 0 spiro atoms. The number of hydrogen-bond donors (Lipinski definition) is 0. The van der Waals surface area contributed by atoms with Gasteiger partial charge in [-0.15, -0.1) is 0 Å². The maximum Gasteiger partial charge on any atom is 0.155 e. The van der Waals surface area contributed by atoms with Crippen molar-refractivity contribution < 1.29 is 13.2 Å². The van der Waals surface area contributed by atoms with Gasteiger partial charge in [0.05, 0.1) is 10.5 Å². The van der Waals surface area contributed by atoms with Crippen LogP contribution in [-0.4, -0.2) is 24.7 Å². The fourth-order valence-corrected chi connectivity index (χ4v) is 3.90. The van der Waals surface area contributed by atoms with Crippen molar-refractivity contribution in [2.45, 2.75) is 44.8 Å². The van der Waals surface area contributed by atoms with Gasteiger partial charge in [-0.25, -0.2) is 8.42 Å². The highest BCUT2D eigenvalue weighted by atomic mass is 32.2. The quantitative estimate of drug-likeness (QED) is 0.722. The van der Waals surface area contributed by atoms with Gasteiger partial charge in [0, 0.05) is 6.42 Å². The van der Waals surface area contributed by atoms with Crippen molar-refractivity contribution in [3.63, 3.8) is 0 Å². The monoisotopic (exact) mass is 218 g/mol. The molecule has 4 heteroatoms. The second-order valence-corrected chi connectivity index (χ2v) is 7.34. The molecule has 0 amide bonds. The van der Waals surface area contributed by atoms with Gasteiger partial charge in [0.25, 0.3) is 0 Å². The molecule has 1 saturated heterocycles. The van der Waals surface area contributed by atoms with Crippen molar-refractivity contribution in [1.29, 1.82) is 0 Å². The summed E-state index contributed by atoms with van der Waals surface area (Å²) in [6.45, 7) is 5.11. The van der Waals surface area contributed by atoms with E-state index in [4.69, 9.17) is 0 Å². The average Bonchev–Trinajstić information content (AvgIpc) is 2.20. The normalized spacial score (nSPS) is 28.9. The standard InChI is InChI=1S/C10H18O3S/c1-8(11)4-5-9-6-7-14(12,13)10(9,2)3/h9H,4-7H2,1-3H3. The van der Waals surface area contributed by atoms with Crippen LogP contribution in [0.15, 0.2) is 0 Å². The van der Waals surface area contributed by atoms with Crippen molar-refractivity contribution in [3.05, 3.63) is 0 Å². The molecule has 0 aliphatic carbocycles. The van der Waals surface area contributed by atoms with E-state index >= 15 is 0 Å². The third-order valence-electron chi connectivity index (χ3n) is 3.36. The predicted molar refractivity (Wildman–Crippen MR) is 55.9 cm³/mol. The van der Waals surface area contributed by atoms with Gasteiger partial charge in [-0.1, -0.05) is 0 Å². The summed E-state index contributed by atoms with van der Waals surface area (Å²) in [5.74, 6) is 0.573. The number of rotatable bonds is 3. The van der Waals surface area contributed by atoms with Crippen LogP contribution in [0.2, 0.25) is 0 Å². The van der Waals surface area contributed by atoms with Crippen LogP contribution in [0.3, 0.4) is 0 Å². The first kappa shape index (κ1) is 11.7. The zero-order valence-corrected chi connectivity index (χ0v) is 9.86. The van der Waals surface area contributed by atoms with Crippen LogP contribution >= 0.6 is 0 Å². The maximum atomic E-state index is 11.7. The Morgan fingerprint density at radius 2 is 2.00 bits per heavy atom. The van der Waals surface area contributed by atoms with E-state index in [9.17, 15) is 13.2 Å². The molecule has 0 saturated carbocycles. The van der Waals surface area contributed by atoms with Crippen LogP contribution in [0.25, 0.3) is 0 Å². The van der Waals surface area contributed by atoms with Crippen molar-refractivity contribution in [3.8, 4) is 0 Å². The van der Waals surface area contributed by atoms with Gasteiger partial charge in [-0.2, -0.15) is 0 Å². The Bertz CT molecular complexity index is 327. The summed E-state index contributed by atoms with van der Waals surface area (Å²) >= 11 is 0. The van der Waals surface area contributed by atoms with Crippen molar-refractivity contribution >= 4 is 15.6 Å². The summed E-state index contributed by atoms with van der Waals surface area (Å²) in [5.41, 5.74) is 0. The summed E-state index contributed by atoms with van der Waals surface area (Å²) < 4.78 is 22.7. The van der Waals surface area contributed by atoms with E-state index in [0.717, 1.165) is 0 Å². The molecule has 0 bridgehead atoms. The van der Waals surface area contributed by atoms with Crippen LogP contribution < -0.4 is 0 Å². The summed E-state index contributed by atoms with van der Waals surface area (Å²) in [6.07, 6.45) is 1.92. The molecule has 0 radical (unpaired) electrons.